The van der Waals surface area contributed by atoms with Crippen LogP contribution in [0.2, 0.25) is 0 Å². The highest BCUT2D eigenvalue weighted by Gasteiger charge is 2.11. The van der Waals surface area contributed by atoms with Crippen molar-refractivity contribution in [2.24, 2.45) is 5.92 Å². The molecule has 1 heterocycles. The molecule has 0 amide bonds. The van der Waals surface area contributed by atoms with Crippen LogP contribution >= 0.6 is 11.6 Å². The lowest BCUT2D eigenvalue weighted by Crippen LogP contribution is -2.09. The SMILES string of the molecule is COc1cccc(CC(CCl)Cc2ccoc2)c1. The smallest absolute Gasteiger partial charge is 0.119 e. The zero-order chi connectivity index (χ0) is 12.8. The Morgan fingerprint density at radius 3 is 2.72 bits per heavy atom. The minimum absolute atomic E-state index is 0.413. The van der Waals surface area contributed by atoms with Crippen LogP contribution in [0, 0.1) is 5.92 Å². The molecule has 0 spiro atoms. The summed E-state index contributed by atoms with van der Waals surface area (Å²) in [6, 6.07) is 10.1. The fourth-order valence-electron chi connectivity index (χ4n) is 2.06. The topological polar surface area (TPSA) is 22.4 Å². The van der Waals surface area contributed by atoms with Crippen LogP contribution in [0.25, 0.3) is 0 Å². The quantitative estimate of drug-likeness (QED) is 0.738. The van der Waals surface area contributed by atoms with Crippen LogP contribution in [0.15, 0.2) is 47.3 Å². The van der Waals surface area contributed by atoms with E-state index in [0.29, 0.717) is 11.8 Å². The molecule has 2 rings (SSSR count). The number of ether oxygens (including phenoxy) is 1. The maximum Gasteiger partial charge on any atom is 0.119 e. The lowest BCUT2D eigenvalue weighted by atomic mass is 9.95. The summed E-state index contributed by atoms with van der Waals surface area (Å²) in [7, 11) is 1.68. The van der Waals surface area contributed by atoms with Crippen molar-refractivity contribution in [3.05, 3.63) is 54.0 Å². The Balaban J connectivity index is 2.00. The molecule has 0 saturated heterocycles. The number of hydrogen-bond acceptors (Lipinski definition) is 2. The predicted molar refractivity (Wildman–Crippen MR) is 73.3 cm³/mol. The second kappa shape index (κ2) is 6.50. The van der Waals surface area contributed by atoms with E-state index >= 15 is 0 Å². The summed E-state index contributed by atoms with van der Waals surface area (Å²) in [6.45, 7) is 0. The van der Waals surface area contributed by atoms with Crippen LogP contribution in [0.1, 0.15) is 11.1 Å². The molecule has 3 heteroatoms. The van der Waals surface area contributed by atoms with Gasteiger partial charge in [-0.1, -0.05) is 12.1 Å². The molecule has 1 aromatic carbocycles. The standard InChI is InChI=1S/C15H17ClO2/c1-17-15-4-2-3-12(9-15)7-14(10-16)8-13-5-6-18-11-13/h2-6,9,11,14H,7-8,10H2,1H3. The van der Waals surface area contributed by atoms with Gasteiger partial charge in [0.25, 0.3) is 0 Å². The van der Waals surface area contributed by atoms with E-state index in [9.17, 15) is 0 Å². The van der Waals surface area contributed by atoms with E-state index in [4.69, 9.17) is 20.8 Å². The summed E-state index contributed by atoms with van der Waals surface area (Å²) >= 11 is 6.05. The van der Waals surface area contributed by atoms with Crippen LogP contribution in [-0.2, 0) is 12.8 Å². The van der Waals surface area contributed by atoms with Crippen molar-refractivity contribution in [3.63, 3.8) is 0 Å². The van der Waals surface area contributed by atoms with Crippen molar-refractivity contribution in [2.45, 2.75) is 12.8 Å². The van der Waals surface area contributed by atoms with Crippen LogP contribution in [0.4, 0.5) is 0 Å². The molecule has 0 N–H and O–H groups in total. The van der Waals surface area contributed by atoms with Gasteiger partial charge in [0.1, 0.15) is 5.75 Å². The Labute approximate surface area is 113 Å². The van der Waals surface area contributed by atoms with Gasteiger partial charge in [0.2, 0.25) is 0 Å². The Morgan fingerprint density at radius 2 is 2.06 bits per heavy atom. The molecule has 2 nitrogen and oxygen atoms in total. The molecule has 0 aliphatic carbocycles. The molecule has 0 bridgehead atoms. The molecule has 0 radical (unpaired) electrons. The Hall–Kier alpha value is -1.41. The second-order valence-electron chi connectivity index (χ2n) is 4.41. The molecular formula is C15H17ClO2. The summed E-state index contributed by atoms with van der Waals surface area (Å²) in [4.78, 5) is 0. The summed E-state index contributed by atoms with van der Waals surface area (Å²) in [6.07, 6.45) is 5.38. The fraction of sp³-hybridized carbons (Fsp3) is 0.333. The minimum Gasteiger partial charge on any atom is -0.497 e. The fourth-order valence-corrected chi connectivity index (χ4v) is 2.27. The van der Waals surface area contributed by atoms with Gasteiger partial charge >= 0.3 is 0 Å². The zero-order valence-corrected chi connectivity index (χ0v) is 11.2. The van der Waals surface area contributed by atoms with E-state index in [1.807, 2.05) is 18.2 Å². The summed E-state index contributed by atoms with van der Waals surface area (Å²) in [5, 5.41) is 0. The Morgan fingerprint density at radius 1 is 1.22 bits per heavy atom. The first kappa shape index (κ1) is 13.0. The summed E-state index contributed by atoms with van der Waals surface area (Å²) in [5.74, 6) is 1.95. The molecule has 2 aromatic rings. The van der Waals surface area contributed by atoms with Crippen molar-refractivity contribution >= 4 is 11.6 Å². The number of rotatable bonds is 6. The molecule has 0 fully saturated rings. The van der Waals surface area contributed by atoms with Gasteiger partial charge in [-0.3, -0.25) is 0 Å². The largest absolute Gasteiger partial charge is 0.497 e. The lowest BCUT2D eigenvalue weighted by Gasteiger charge is -2.13. The van der Waals surface area contributed by atoms with Gasteiger partial charge in [0, 0.05) is 5.88 Å². The summed E-state index contributed by atoms with van der Waals surface area (Å²) < 4.78 is 10.3. The maximum absolute atomic E-state index is 6.05. The maximum atomic E-state index is 6.05. The first-order chi connectivity index (χ1) is 8.81. The highest BCUT2D eigenvalue weighted by Crippen LogP contribution is 2.19. The van der Waals surface area contributed by atoms with E-state index in [-0.39, 0.29) is 0 Å². The van der Waals surface area contributed by atoms with Gasteiger partial charge in [-0.25, -0.2) is 0 Å². The molecule has 1 atom stereocenters. The molecule has 0 aliphatic heterocycles. The third kappa shape index (κ3) is 3.54. The molecule has 0 saturated carbocycles. The van der Waals surface area contributed by atoms with Gasteiger partial charge in [0.05, 0.1) is 19.6 Å². The molecule has 1 aromatic heterocycles. The molecule has 0 aliphatic rings. The number of halogens is 1. The van der Waals surface area contributed by atoms with Crippen molar-refractivity contribution in [2.75, 3.05) is 13.0 Å². The Kier molecular flexibility index (Phi) is 4.71. The van der Waals surface area contributed by atoms with E-state index < -0.39 is 0 Å². The van der Waals surface area contributed by atoms with E-state index in [2.05, 4.69) is 12.1 Å². The third-order valence-electron chi connectivity index (χ3n) is 2.98. The molecule has 96 valence electrons. The number of methoxy groups -OCH3 is 1. The van der Waals surface area contributed by atoms with Gasteiger partial charge in [-0.05, 0) is 48.1 Å². The van der Waals surface area contributed by atoms with E-state index in [1.165, 1.54) is 11.1 Å². The zero-order valence-electron chi connectivity index (χ0n) is 10.4. The van der Waals surface area contributed by atoms with Gasteiger partial charge in [0.15, 0.2) is 0 Å². The number of alkyl halides is 1. The van der Waals surface area contributed by atoms with E-state index in [0.717, 1.165) is 18.6 Å². The average molecular weight is 265 g/mol. The number of benzene rings is 1. The van der Waals surface area contributed by atoms with E-state index in [1.54, 1.807) is 19.6 Å². The highest BCUT2D eigenvalue weighted by molar-refractivity contribution is 6.18. The summed E-state index contributed by atoms with van der Waals surface area (Å²) in [5.41, 5.74) is 2.45. The van der Waals surface area contributed by atoms with Crippen LogP contribution in [0.3, 0.4) is 0 Å². The van der Waals surface area contributed by atoms with Gasteiger partial charge in [-0.15, -0.1) is 11.6 Å². The highest BCUT2D eigenvalue weighted by atomic mass is 35.5. The third-order valence-corrected chi connectivity index (χ3v) is 3.42. The Bertz CT molecular complexity index is 465. The first-order valence-electron chi connectivity index (χ1n) is 6.01. The molecule has 18 heavy (non-hydrogen) atoms. The van der Waals surface area contributed by atoms with Gasteiger partial charge in [-0.2, -0.15) is 0 Å². The van der Waals surface area contributed by atoms with Crippen LogP contribution in [-0.4, -0.2) is 13.0 Å². The monoisotopic (exact) mass is 264 g/mol. The van der Waals surface area contributed by atoms with Crippen molar-refractivity contribution in [1.29, 1.82) is 0 Å². The average Bonchev–Trinajstić information content (AvgIpc) is 2.91. The van der Waals surface area contributed by atoms with Crippen LogP contribution in [0.5, 0.6) is 5.75 Å². The lowest BCUT2D eigenvalue weighted by molar-refractivity contribution is 0.414. The van der Waals surface area contributed by atoms with Crippen molar-refractivity contribution in [3.8, 4) is 5.75 Å². The first-order valence-corrected chi connectivity index (χ1v) is 6.55. The second-order valence-corrected chi connectivity index (χ2v) is 4.72. The number of hydrogen-bond donors (Lipinski definition) is 0. The van der Waals surface area contributed by atoms with Crippen LogP contribution < -0.4 is 4.74 Å². The van der Waals surface area contributed by atoms with Gasteiger partial charge < -0.3 is 9.15 Å². The predicted octanol–water partition coefficient (Wildman–Crippen LogP) is 3.93. The van der Waals surface area contributed by atoms with Crippen molar-refractivity contribution < 1.29 is 9.15 Å². The molecular weight excluding hydrogens is 248 g/mol. The normalized spacial score (nSPS) is 12.3. The van der Waals surface area contributed by atoms with Crippen molar-refractivity contribution in [1.82, 2.24) is 0 Å². The molecule has 1 unspecified atom stereocenters. The number of furan rings is 1. The minimum atomic E-state index is 0.413.